The normalized spacial score (nSPS) is 21.6. The van der Waals surface area contributed by atoms with Crippen molar-refractivity contribution in [3.05, 3.63) is 16.4 Å². The van der Waals surface area contributed by atoms with E-state index in [1.54, 1.807) is 0 Å². The molecule has 1 aromatic rings. The monoisotopic (exact) mass is 368 g/mol. The van der Waals surface area contributed by atoms with Crippen molar-refractivity contribution in [2.75, 3.05) is 52.6 Å². The van der Waals surface area contributed by atoms with Crippen LogP contribution in [-0.4, -0.2) is 72.2 Å². The number of ether oxygens (including phenoxy) is 2. The summed E-state index contributed by atoms with van der Waals surface area (Å²) in [6, 6.07) is 0. The molecule has 0 N–H and O–H groups in total. The van der Waals surface area contributed by atoms with Gasteiger partial charge in [0.1, 0.15) is 5.15 Å². The maximum atomic E-state index is 13.5. The number of aryl methyl sites for hydroxylation is 1. The first-order valence-electron chi connectivity index (χ1n) is 7.83. The Balaban J connectivity index is 2.04. The Labute approximate surface area is 143 Å². The van der Waals surface area contributed by atoms with E-state index >= 15 is 0 Å². The summed E-state index contributed by atoms with van der Waals surface area (Å²) in [6.45, 7) is 4.13. The molecule has 2 aliphatic rings. The molecule has 6 nitrogen and oxygen atoms in total. The molecule has 0 aromatic carbocycles. The fourth-order valence-corrected chi connectivity index (χ4v) is 3.42. The zero-order valence-electron chi connectivity index (χ0n) is 13.4. The average molecular weight is 369 g/mol. The Morgan fingerprint density at radius 3 is 1.88 bits per heavy atom. The van der Waals surface area contributed by atoms with E-state index < -0.39 is 18.0 Å². The molecular formula is C14H20ClF3N4O2. The van der Waals surface area contributed by atoms with Crippen LogP contribution in [0.2, 0.25) is 5.15 Å². The van der Waals surface area contributed by atoms with Crippen molar-refractivity contribution in [3.8, 4) is 0 Å². The van der Waals surface area contributed by atoms with Crippen LogP contribution < -0.4 is 0 Å². The Hall–Kier alpha value is -0.870. The van der Waals surface area contributed by atoms with Gasteiger partial charge in [-0.15, -0.1) is 0 Å². The summed E-state index contributed by atoms with van der Waals surface area (Å²) < 4.78 is 52.3. The van der Waals surface area contributed by atoms with E-state index in [0.717, 1.165) is 4.68 Å². The Kier molecular flexibility index (Phi) is 5.36. The zero-order chi connectivity index (χ0) is 17.3. The summed E-state index contributed by atoms with van der Waals surface area (Å²) in [5, 5.41) is 3.65. The number of morpholine rings is 2. The summed E-state index contributed by atoms with van der Waals surface area (Å²) in [5.74, 6) is 0. The quantitative estimate of drug-likeness (QED) is 0.813. The number of alkyl halides is 3. The second-order valence-electron chi connectivity index (χ2n) is 5.84. The van der Waals surface area contributed by atoms with Crippen molar-refractivity contribution in [3.63, 3.8) is 0 Å². The highest BCUT2D eigenvalue weighted by Crippen LogP contribution is 2.41. The van der Waals surface area contributed by atoms with Crippen molar-refractivity contribution in [2.45, 2.75) is 12.3 Å². The molecule has 2 aliphatic heterocycles. The van der Waals surface area contributed by atoms with Gasteiger partial charge in [0.15, 0.2) is 5.69 Å². The predicted octanol–water partition coefficient (Wildman–Crippen LogP) is 1.76. The molecule has 24 heavy (non-hydrogen) atoms. The molecule has 3 rings (SSSR count). The molecular weight excluding hydrogens is 349 g/mol. The minimum Gasteiger partial charge on any atom is -0.379 e. The van der Waals surface area contributed by atoms with Crippen LogP contribution in [0.3, 0.4) is 0 Å². The third-order valence-electron chi connectivity index (χ3n) is 4.32. The fourth-order valence-electron chi connectivity index (χ4n) is 3.20. The molecule has 0 radical (unpaired) electrons. The first kappa shape index (κ1) is 17.9. The van der Waals surface area contributed by atoms with E-state index in [9.17, 15) is 13.2 Å². The molecule has 0 bridgehead atoms. The number of hydrogen-bond acceptors (Lipinski definition) is 5. The summed E-state index contributed by atoms with van der Waals surface area (Å²) >= 11 is 6.24. The highest BCUT2D eigenvalue weighted by Gasteiger charge is 2.44. The predicted molar refractivity (Wildman–Crippen MR) is 80.7 cm³/mol. The molecule has 2 saturated heterocycles. The number of halogens is 4. The third-order valence-corrected chi connectivity index (χ3v) is 4.77. The minimum absolute atomic E-state index is 0.0188. The molecule has 10 heteroatoms. The van der Waals surface area contributed by atoms with Crippen LogP contribution in [0, 0.1) is 0 Å². The van der Waals surface area contributed by atoms with Gasteiger partial charge in [-0.2, -0.15) is 18.3 Å². The Morgan fingerprint density at radius 2 is 1.46 bits per heavy atom. The third kappa shape index (κ3) is 3.55. The highest BCUT2D eigenvalue weighted by molar-refractivity contribution is 6.30. The van der Waals surface area contributed by atoms with Crippen LogP contribution >= 0.6 is 11.6 Å². The Bertz CT molecular complexity index is 551. The van der Waals surface area contributed by atoms with Crippen molar-refractivity contribution < 1.29 is 22.6 Å². The van der Waals surface area contributed by atoms with E-state index in [0.29, 0.717) is 52.6 Å². The van der Waals surface area contributed by atoms with Crippen molar-refractivity contribution in [1.29, 1.82) is 0 Å². The number of rotatable bonds is 3. The van der Waals surface area contributed by atoms with E-state index in [-0.39, 0.29) is 10.7 Å². The molecule has 0 atom stereocenters. The number of aromatic nitrogens is 2. The second-order valence-corrected chi connectivity index (χ2v) is 6.20. The lowest BCUT2D eigenvalue weighted by atomic mass is 10.1. The van der Waals surface area contributed by atoms with Crippen molar-refractivity contribution in [2.24, 2.45) is 7.05 Å². The van der Waals surface area contributed by atoms with Gasteiger partial charge < -0.3 is 9.47 Å². The molecule has 3 heterocycles. The minimum atomic E-state index is -4.56. The molecule has 136 valence electrons. The first-order chi connectivity index (χ1) is 11.4. The number of hydrogen-bond donors (Lipinski definition) is 0. The lowest BCUT2D eigenvalue weighted by molar-refractivity contribution is -0.144. The first-order valence-corrected chi connectivity index (χ1v) is 8.20. The smallest absolute Gasteiger partial charge is 0.379 e. The highest BCUT2D eigenvalue weighted by atomic mass is 35.5. The molecule has 2 fully saturated rings. The van der Waals surface area contributed by atoms with Crippen LogP contribution in [-0.2, 0) is 22.7 Å². The summed E-state index contributed by atoms with van der Waals surface area (Å²) in [7, 11) is 1.43. The zero-order valence-corrected chi connectivity index (χ0v) is 14.1. The molecule has 0 unspecified atom stereocenters. The van der Waals surface area contributed by atoms with Crippen LogP contribution in [0.4, 0.5) is 13.2 Å². The Morgan fingerprint density at radius 1 is 1.00 bits per heavy atom. The van der Waals surface area contributed by atoms with Gasteiger partial charge in [0, 0.05) is 33.2 Å². The standard InChI is InChI=1S/C14H20ClF3N4O2/c1-20-12(15)10(11(19-20)14(16,17)18)13(21-2-6-23-7-3-21)22-4-8-24-9-5-22/h13H,2-9H2,1H3. The summed E-state index contributed by atoms with van der Waals surface area (Å²) in [6.07, 6.45) is -5.15. The lowest BCUT2D eigenvalue weighted by Crippen LogP contribution is -2.50. The maximum Gasteiger partial charge on any atom is 0.435 e. The number of nitrogens with zero attached hydrogens (tertiary/aromatic N) is 4. The fraction of sp³-hybridized carbons (Fsp3) is 0.786. The van der Waals surface area contributed by atoms with Gasteiger partial charge in [-0.05, 0) is 0 Å². The van der Waals surface area contributed by atoms with Gasteiger partial charge in [-0.1, -0.05) is 11.6 Å². The van der Waals surface area contributed by atoms with Crippen molar-refractivity contribution >= 4 is 11.6 Å². The maximum absolute atomic E-state index is 13.5. The molecule has 1 aromatic heterocycles. The van der Waals surface area contributed by atoms with E-state index in [2.05, 4.69) is 5.10 Å². The lowest BCUT2D eigenvalue weighted by Gasteiger charge is -2.42. The second kappa shape index (κ2) is 7.17. The summed E-state index contributed by atoms with van der Waals surface area (Å²) in [4.78, 5) is 3.96. The van der Waals surface area contributed by atoms with Crippen LogP contribution in [0.1, 0.15) is 17.4 Å². The van der Waals surface area contributed by atoms with Crippen LogP contribution in [0.5, 0.6) is 0 Å². The van der Waals surface area contributed by atoms with Crippen LogP contribution in [0.15, 0.2) is 0 Å². The average Bonchev–Trinajstić information content (AvgIpc) is 2.86. The molecule has 0 spiro atoms. The van der Waals surface area contributed by atoms with Crippen molar-refractivity contribution in [1.82, 2.24) is 19.6 Å². The SMILES string of the molecule is Cn1nc(C(F)(F)F)c(C(N2CCOCC2)N2CCOCC2)c1Cl. The molecule has 0 saturated carbocycles. The van der Waals surface area contributed by atoms with Gasteiger partial charge >= 0.3 is 6.18 Å². The van der Waals surface area contributed by atoms with E-state index in [1.165, 1.54) is 7.05 Å². The van der Waals surface area contributed by atoms with Gasteiger partial charge in [0.2, 0.25) is 0 Å². The topological polar surface area (TPSA) is 42.8 Å². The van der Waals surface area contributed by atoms with Gasteiger partial charge in [-0.3, -0.25) is 14.5 Å². The molecule has 0 aliphatic carbocycles. The molecule has 0 amide bonds. The van der Waals surface area contributed by atoms with E-state index in [4.69, 9.17) is 21.1 Å². The largest absolute Gasteiger partial charge is 0.435 e. The van der Waals surface area contributed by atoms with Gasteiger partial charge in [0.25, 0.3) is 0 Å². The van der Waals surface area contributed by atoms with Crippen LogP contribution in [0.25, 0.3) is 0 Å². The van der Waals surface area contributed by atoms with Gasteiger partial charge in [-0.25, -0.2) is 0 Å². The van der Waals surface area contributed by atoms with Gasteiger partial charge in [0.05, 0.1) is 38.2 Å². The van der Waals surface area contributed by atoms with E-state index in [1.807, 2.05) is 9.80 Å². The summed E-state index contributed by atoms with van der Waals surface area (Å²) in [5.41, 5.74) is -0.895.